The number of hydrogen-bond acceptors (Lipinski definition) is 5. The van der Waals surface area contributed by atoms with E-state index in [-0.39, 0.29) is 37.4 Å². The van der Waals surface area contributed by atoms with Gasteiger partial charge in [0.25, 0.3) is 0 Å². The van der Waals surface area contributed by atoms with Gasteiger partial charge in [0.1, 0.15) is 0 Å². The lowest BCUT2D eigenvalue weighted by Crippen LogP contribution is -2.36. The number of ether oxygens (including phenoxy) is 2. The number of amides is 1. The predicted molar refractivity (Wildman–Crippen MR) is 70.6 cm³/mol. The highest BCUT2D eigenvalue weighted by Gasteiger charge is 2.16. The molecule has 0 aliphatic rings. The van der Waals surface area contributed by atoms with Gasteiger partial charge in [-0.15, -0.1) is 0 Å². The van der Waals surface area contributed by atoms with E-state index in [2.05, 4.69) is 4.74 Å². The zero-order chi connectivity index (χ0) is 14.7. The maximum Gasteiger partial charge on any atom is 0.307 e. The van der Waals surface area contributed by atoms with Crippen LogP contribution in [0, 0.1) is 5.92 Å². The number of carbonyl (C=O) groups excluding carboxylic acids is 2. The summed E-state index contributed by atoms with van der Waals surface area (Å²) in [5.74, 6) is -0.0587. The summed E-state index contributed by atoms with van der Waals surface area (Å²) in [6.45, 7) is 5.26. The molecule has 0 radical (unpaired) electrons. The largest absolute Gasteiger partial charge is 0.469 e. The fourth-order valence-electron chi connectivity index (χ4n) is 1.51. The van der Waals surface area contributed by atoms with Crippen LogP contribution >= 0.6 is 0 Å². The Bertz CT molecular complexity index is 268. The molecule has 112 valence electrons. The summed E-state index contributed by atoms with van der Waals surface area (Å²) in [6, 6.07) is 0. The molecule has 0 aliphatic heterocycles. The van der Waals surface area contributed by atoms with Gasteiger partial charge >= 0.3 is 5.97 Å². The molecule has 0 saturated carbocycles. The van der Waals surface area contributed by atoms with E-state index in [0.29, 0.717) is 26.1 Å². The van der Waals surface area contributed by atoms with Gasteiger partial charge in [-0.2, -0.15) is 0 Å². The van der Waals surface area contributed by atoms with Crippen molar-refractivity contribution in [2.24, 2.45) is 5.92 Å². The van der Waals surface area contributed by atoms with E-state index < -0.39 is 0 Å². The van der Waals surface area contributed by atoms with Crippen LogP contribution in [0.2, 0.25) is 0 Å². The molecular weight excluding hydrogens is 250 g/mol. The van der Waals surface area contributed by atoms with Crippen LogP contribution < -0.4 is 0 Å². The van der Waals surface area contributed by atoms with Gasteiger partial charge in [-0.25, -0.2) is 0 Å². The second kappa shape index (κ2) is 10.8. The minimum atomic E-state index is -0.335. The highest BCUT2D eigenvalue weighted by Crippen LogP contribution is 2.05. The van der Waals surface area contributed by atoms with Crippen molar-refractivity contribution in [2.75, 3.05) is 40.0 Å². The Hall–Kier alpha value is -1.14. The Labute approximate surface area is 114 Å². The van der Waals surface area contributed by atoms with E-state index in [1.54, 1.807) is 4.90 Å². The van der Waals surface area contributed by atoms with E-state index in [0.717, 1.165) is 0 Å². The zero-order valence-corrected chi connectivity index (χ0v) is 12.1. The maximum atomic E-state index is 12.0. The number of carbonyl (C=O) groups is 2. The standard InChI is InChI=1S/C13H25NO5/c1-11(2)10-12(16)14(5-4-13(17)18-3)6-8-19-9-7-15/h11,15H,4-10H2,1-3H3. The molecule has 0 spiro atoms. The Morgan fingerprint density at radius 3 is 2.42 bits per heavy atom. The van der Waals surface area contributed by atoms with E-state index >= 15 is 0 Å². The van der Waals surface area contributed by atoms with E-state index in [9.17, 15) is 9.59 Å². The number of nitrogens with zero attached hydrogens (tertiary/aromatic N) is 1. The molecule has 0 atom stereocenters. The van der Waals surface area contributed by atoms with Crippen molar-refractivity contribution in [2.45, 2.75) is 26.7 Å². The van der Waals surface area contributed by atoms with E-state index in [4.69, 9.17) is 9.84 Å². The van der Waals surface area contributed by atoms with Gasteiger partial charge < -0.3 is 19.5 Å². The first-order chi connectivity index (χ1) is 9.01. The first kappa shape index (κ1) is 17.9. The van der Waals surface area contributed by atoms with Gasteiger partial charge in [-0.3, -0.25) is 9.59 Å². The zero-order valence-electron chi connectivity index (χ0n) is 12.1. The maximum absolute atomic E-state index is 12.0. The number of aliphatic hydroxyl groups excluding tert-OH is 1. The molecule has 1 N–H and O–H groups in total. The molecule has 19 heavy (non-hydrogen) atoms. The first-order valence-electron chi connectivity index (χ1n) is 6.54. The summed E-state index contributed by atoms with van der Waals surface area (Å²) in [7, 11) is 1.33. The van der Waals surface area contributed by atoms with Crippen LogP contribution in [0.4, 0.5) is 0 Å². The summed E-state index contributed by atoms with van der Waals surface area (Å²) in [5, 5.41) is 8.60. The van der Waals surface area contributed by atoms with Crippen LogP contribution in [0.15, 0.2) is 0 Å². The molecular formula is C13H25NO5. The van der Waals surface area contributed by atoms with Crippen LogP contribution in [-0.4, -0.2) is 61.9 Å². The van der Waals surface area contributed by atoms with Crippen LogP contribution in [0.3, 0.4) is 0 Å². The molecule has 6 heteroatoms. The number of hydrogen-bond donors (Lipinski definition) is 1. The Morgan fingerprint density at radius 1 is 1.21 bits per heavy atom. The quantitative estimate of drug-likeness (QED) is 0.462. The van der Waals surface area contributed by atoms with Crippen molar-refractivity contribution in [3.63, 3.8) is 0 Å². The topological polar surface area (TPSA) is 76.1 Å². The molecule has 0 unspecified atom stereocenters. The SMILES string of the molecule is COC(=O)CCN(CCOCCO)C(=O)CC(C)C. The average Bonchev–Trinajstić information content (AvgIpc) is 2.36. The molecule has 0 aromatic rings. The molecule has 0 aromatic carbocycles. The fraction of sp³-hybridized carbons (Fsp3) is 0.846. The van der Waals surface area contributed by atoms with Crippen molar-refractivity contribution in [3.05, 3.63) is 0 Å². The smallest absolute Gasteiger partial charge is 0.307 e. The second-order valence-corrected chi connectivity index (χ2v) is 4.64. The molecule has 0 saturated heterocycles. The molecule has 0 aliphatic carbocycles. The van der Waals surface area contributed by atoms with E-state index in [1.807, 2.05) is 13.8 Å². The van der Waals surface area contributed by atoms with Crippen LogP contribution in [0.5, 0.6) is 0 Å². The van der Waals surface area contributed by atoms with Gasteiger partial charge in [-0.1, -0.05) is 13.8 Å². The minimum absolute atomic E-state index is 0.00602. The lowest BCUT2D eigenvalue weighted by atomic mass is 10.1. The number of aliphatic hydroxyl groups is 1. The number of rotatable bonds is 10. The summed E-state index contributed by atoms with van der Waals surface area (Å²) < 4.78 is 9.70. The predicted octanol–water partition coefficient (Wildman–Crippen LogP) is 0.433. The summed E-state index contributed by atoms with van der Waals surface area (Å²) in [5.41, 5.74) is 0. The van der Waals surface area contributed by atoms with Crippen LogP contribution in [0.1, 0.15) is 26.7 Å². The van der Waals surface area contributed by atoms with Gasteiger partial charge in [0.15, 0.2) is 0 Å². The fourth-order valence-corrected chi connectivity index (χ4v) is 1.51. The highest BCUT2D eigenvalue weighted by atomic mass is 16.5. The molecule has 0 bridgehead atoms. The Morgan fingerprint density at radius 2 is 1.89 bits per heavy atom. The molecule has 1 amide bonds. The summed E-state index contributed by atoms with van der Waals surface area (Å²) in [4.78, 5) is 24.7. The normalized spacial score (nSPS) is 10.6. The average molecular weight is 275 g/mol. The molecule has 0 rings (SSSR count). The molecule has 0 fully saturated rings. The Kier molecular flexibility index (Phi) is 10.1. The van der Waals surface area contributed by atoms with Gasteiger partial charge in [-0.05, 0) is 5.92 Å². The third-order valence-corrected chi connectivity index (χ3v) is 2.49. The highest BCUT2D eigenvalue weighted by molar-refractivity contribution is 5.77. The lowest BCUT2D eigenvalue weighted by molar-refractivity contribution is -0.142. The molecule has 0 heterocycles. The third-order valence-electron chi connectivity index (χ3n) is 2.49. The van der Waals surface area contributed by atoms with Crippen LogP contribution in [0.25, 0.3) is 0 Å². The molecule has 6 nitrogen and oxygen atoms in total. The van der Waals surface area contributed by atoms with Gasteiger partial charge in [0.05, 0.1) is 33.4 Å². The molecule has 0 aromatic heterocycles. The number of methoxy groups -OCH3 is 1. The van der Waals surface area contributed by atoms with E-state index in [1.165, 1.54) is 7.11 Å². The monoisotopic (exact) mass is 275 g/mol. The summed E-state index contributed by atoms with van der Waals surface area (Å²) >= 11 is 0. The summed E-state index contributed by atoms with van der Waals surface area (Å²) in [6.07, 6.45) is 0.626. The Balaban J connectivity index is 4.20. The van der Waals surface area contributed by atoms with Crippen molar-refractivity contribution < 1.29 is 24.2 Å². The van der Waals surface area contributed by atoms with Crippen molar-refractivity contribution >= 4 is 11.9 Å². The minimum Gasteiger partial charge on any atom is -0.469 e. The third kappa shape index (κ3) is 9.44. The second-order valence-electron chi connectivity index (χ2n) is 4.64. The van der Waals surface area contributed by atoms with Crippen molar-refractivity contribution in [3.8, 4) is 0 Å². The van der Waals surface area contributed by atoms with Gasteiger partial charge in [0, 0.05) is 19.5 Å². The van der Waals surface area contributed by atoms with Crippen LogP contribution in [-0.2, 0) is 19.1 Å². The van der Waals surface area contributed by atoms with Gasteiger partial charge in [0.2, 0.25) is 5.91 Å². The van der Waals surface area contributed by atoms with Crippen molar-refractivity contribution in [1.29, 1.82) is 0 Å². The van der Waals surface area contributed by atoms with Crippen molar-refractivity contribution in [1.82, 2.24) is 4.90 Å². The first-order valence-corrected chi connectivity index (χ1v) is 6.54. The lowest BCUT2D eigenvalue weighted by Gasteiger charge is -2.23. The number of esters is 1.